The summed E-state index contributed by atoms with van der Waals surface area (Å²) in [5.74, 6) is 1.96. The Morgan fingerprint density at radius 1 is 1.47 bits per heavy atom. The topological polar surface area (TPSA) is 77.8 Å². The van der Waals surface area contributed by atoms with E-state index in [0.717, 1.165) is 36.5 Å². The molecule has 0 radical (unpaired) electrons. The van der Waals surface area contributed by atoms with Gasteiger partial charge in [0.05, 0.1) is 15.9 Å². The molecule has 19 heavy (non-hydrogen) atoms. The van der Waals surface area contributed by atoms with Crippen LogP contribution in [0.3, 0.4) is 0 Å². The lowest BCUT2D eigenvalue weighted by Crippen LogP contribution is -2.40. The van der Waals surface area contributed by atoms with Gasteiger partial charge in [0.15, 0.2) is 0 Å². The van der Waals surface area contributed by atoms with Gasteiger partial charge in [0.1, 0.15) is 0 Å². The van der Waals surface area contributed by atoms with E-state index < -0.39 is 5.54 Å². The zero-order valence-electron chi connectivity index (χ0n) is 11.0. The van der Waals surface area contributed by atoms with Crippen molar-refractivity contribution in [3.05, 3.63) is 17.6 Å². The monoisotopic (exact) mass is 278 g/mol. The van der Waals surface area contributed by atoms with Crippen LogP contribution in [0.1, 0.15) is 44.9 Å². The van der Waals surface area contributed by atoms with Gasteiger partial charge in [-0.1, -0.05) is 18.5 Å². The van der Waals surface area contributed by atoms with E-state index in [2.05, 4.69) is 22.0 Å². The second kappa shape index (κ2) is 5.02. The van der Waals surface area contributed by atoms with Crippen LogP contribution < -0.4 is 5.73 Å². The van der Waals surface area contributed by atoms with Crippen LogP contribution >= 0.6 is 11.3 Å². The molecule has 5 nitrogen and oxygen atoms in total. The number of thiazole rings is 1. The van der Waals surface area contributed by atoms with Crippen LogP contribution in [0.4, 0.5) is 0 Å². The van der Waals surface area contributed by atoms with Gasteiger partial charge in [-0.05, 0) is 31.6 Å². The highest BCUT2D eigenvalue weighted by atomic mass is 32.1. The van der Waals surface area contributed by atoms with Gasteiger partial charge < -0.3 is 10.3 Å². The van der Waals surface area contributed by atoms with Gasteiger partial charge in [-0.3, -0.25) is 4.98 Å². The molecule has 1 fully saturated rings. The molecule has 102 valence electrons. The maximum absolute atomic E-state index is 6.46. The molecule has 2 aromatic rings. The van der Waals surface area contributed by atoms with E-state index in [4.69, 9.17) is 10.3 Å². The number of rotatable bonds is 3. The van der Waals surface area contributed by atoms with Crippen molar-refractivity contribution in [2.45, 2.75) is 44.6 Å². The lowest BCUT2D eigenvalue weighted by atomic mass is 9.76. The second-order valence-corrected chi connectivity index (χ2v) is 6.18. The van der Waals surface area contributed by atoms with Gasteiger partial charge in [-0.25, -0.2) is 0 Å². The molecule has 6 heteroatoms. The first-order chi connectivity index (χ1) is 9.21. The SMILES string of the molecule is CCC1CCC(N)(c2nc(-c3cncs3)no2)CC1. The summed E-state index contributed by atoms with van der Waals surface area (Å²) >= 11 is 1.50. The molecular formula is C13H18N4OS. The molecule has 3 rings (SSSR count). The zero-order chi connectivity index (χ0) is 13.3. The largest absolute Gasteiger partial charge is 0.337 e. The van der Waals surface area contributed by atoms with Gasteiger partial charge in [-0.2, -0.15) is 4.98 Å². The Morgan fingerprint density at radius 3 is 2.89 bits per heavy atom. The predicted molar refractivity (Wildman–Crippen MR) is 73.5 cm³/mol. The fourth-order valence-electron chi connectivity index (χ4n) is 2.67. The average Bonchev–Trinajstić information content (AvgIpc) is 3.10. The van der Waals surface area contributed by atoms with Crippen LogP contribution in [-0.2, 0) is 5.54 Å². The second-order valence-electron chi connectivity index (χ2n) is 5.30. The summed E-state index contributed by atoms with van der Waals surface area (Å²) < 4.78 is 5.39. The first-order valence-corrected chi connectivity index (χ1v) is 7.61. The number of hydrogen-bond acceptors (Lipinski definition) is 6. The smallest absolute Gasteiger partial charge is 0.247 e. The van der Waals surface area contributed by atoms with Crippen molar-refractivity contribution in [2.75, 3.05) is 0 Å². The minimum absolute atomic E-state index is 0.443. The molecule has 0 atom stereocenters. The molecule has 1 aliphatic rings. The molecule has 0 bridgehead atoms. The Kier molecular flexibility index (Phi) is 3.36. The Bertz CT molecular complexity index is 529. The molecule has 0 aromatic carbocycles. The van der Waals surface area contributed by atoms with Gasteiger partial charge in [-0.15, -0.1) is 11.3 Å². The fourth-order valence-corrected chi connectivity index (χ4v) is 3.21. The Morgan fingerprint density at radius 2 is 2.26 bits per heavy atom. The van der Waals surface area contributed by atoms with Crippen molar-refractivity contribution in [2.24, 2.45) is 11.7 Å². The number of hydrogen-bond donors (Lipinski definition) is 1. The lowest BCUT2D eigenvalue weighted by molar-refractivity contribution is 0.181. The number of nitrogens with zero attached hydrogens (tertiary/aromatic N) is 3. The Hall–Kier alpha value is -1.27. The van der Waals surface area contributed by atoms with Crippen LogP contribution in [0.2, 0.25) is 0 Å². The quantitative estimate of drug-likeness (QED) is 0.934. The highest BCUT2D eigenvalue weighted by Gasteiger charge is 2.37. The molecule has 2 N–H and O–H groups in total. The van der Waals surface area contributed by atoms with Crippen LogP contribution in [0.5, 0.6) is 0 Å². The standard InChI is InChI=1S/C13H18N4OS/c1-2-9-3-5-13(14,6-4-9)12-16-11(17-18-12)10-7-15-8-19-10/h7-9H,2-6,14H2,1H3. The summed E-state index contributed by atoms with van der Waals surface area (Å²) in [5.41, 5.74) is 7.77. The van der Waals surface area contributed by atoms with E-state index in [1.165, 1.54) is 17.8 Å². The third-order valence-corrected chi connectivity index (χ3v) is 4.85. The third-order valence-electron chi connectivity index (χ3n) is 4.08. The number of nitrogens with two attached hydrogens (primary N) is 1. The van der Waals surface area contributed by atoms with Crippen molar-refractivity contribution in [1.82, 2.24) is 15.1 Å². The molecule has 0 amide bonds. The third kappa shape index (κ3) is 2.42. The van der Waals surface area contributed by atoms with Crippen molar-refractivity contribution in [3.63, 3.8) is 0 Å². The Labute approximate surface area is 116 Å². The number of aromatic nitrogens is 3. The van der Waals surface area contributed by atoms with E-state index in [1.54, 1.807) is 11.7 Å². The van der Waals surface area contributed by atoms with E-state index >= 15 is 0 Å². The molecule has 0 spiro atoms. The predicted octanol–water partition coefficient (Wildman–Crippen LogP) is 2.95. The zero-order valence-corrected chi connectivity index (χ0v) is 11.8. The van der Waals surface area contributed by atoms with Crippen molar-refractivity contribution < 1.29 is 4.52 Å². The van der Waals surface area contributed by atoms with E-state index in [-0.39, 0.29) is 0 Å². The molecule has 0 unspecified atom stereocenters. The van der Waals surface area contributed by atoms with Crippen LogP contribution in [0, 0.1) is 5.92 Å². The summed E-state index contributed by atoms with van der Waals surface area (Å²) in [6.45, 7) is 2.24. The molecular weight excluding hydrogens is 260 g/mol. The molecule has 2 aromatic heterocycles. The van der Waals surface area contributed by atoms with Gasteiger partial charge in [0.25, 0.3) is 0 Å². The molecule has 2 heterocycles. The molecule has 0 aliphatic heterocycles. The lowest BCUT2D eigenvalue weighted by Gasteiger charge is -2.33. The van der Waals surface area contributed by atoms with E-state index in [9.17, 15) is 0 Å². The highest BCUT2D eigenvalue weighted by Crippen LogP contribution is 2.38. The minimum Gasteiger partial charge on any atom is -0.337 e. The van der Waals surface area contributed by atoms with Crippen molar-refractivity contribution >= 4 is 11.3 Å². The molecule has 1 aliphatic carbocycles. The fraction of sp³-hybridized carbons (Fsp3) is 0.615. The van der Waals surface area contributed by atoms with E-state index in [0.29, 0.717) is 11.7 Å². The van der Waals surface area contributed by atoms with Crippen molar-refractivity contribution in [1.29, 1.82) is 0 Å². The highest BCUT2D eigenvalue weighted by molar-refractivity contribution is 7.13. The normalized spacial score (nSPS) is 27.6. The van der Waals surface area contributed by atoms with Gasteiger partial charge in [0.2, 0.25) is 11.7 Å². The van der Waals surface area contributed by atoms with Crippen LogP contribution in [0.25, 0.3) is 10.7 Å². The first-order valence-electron chi connectivity index (χ1n) is 6.73. The summed E-state index contributed by atoms with van der Waals surface area (Å²) in [5, 5.41) is 4.02. The maximum Gasteiger partial charge on any atom is 0.247 e. The van der Waals surface area contributed by atoms with E-state index in [1.807, 2.05) is 0 Å². The minimum atomic E-state index is -0.443. The molecule has 1 saturated carbocycles. The average molecular weight is 278 g/mol. The summed E-state index contributed by atoms with van der Waals surface area (Å²) in [6.07, 6.45) is 7.12. The Balaban J connectivity index is 1.79. The summed E-state index contributed by atoms with van der Waals surface area (Å²) in [7, 11) is 0. The van der Waals surface area contributed by atoms with Crippen LogP contribution in [-0.4, -0.2) is 15.1 Å². The first kappa shape index (κ1) is 12.7. The maximum atomic E-state index is 6.46. The molecule has 0 saturated heterocycles. The van der Waals surface area contributed by atoms with Crippen LogP contribution in [0.15, 0.2) is 16.2 Å². The summed E-state index contributed by atoms with van der Waals surface area (Å²) in [4.78, 5) is 9.41. The van der Waals surface area contributed by atoms with Gasteiger partial charge in [0, 0.05) is 6.20 Å². The van der Waals surface area contributed by atoms with Crippen molar-refractivity contribution in [3.8, 4) is 10.7 Å². The van der Waals surface area contributed by atoms with Gasteiger partial charge >= 0.3 is 0 Å². The summed E-state index contributed by atoms with van der Waals surface area (Å²) in [6, 6.07) is 0.